The van der Waals surface area contributed by atoms with Gasteiger partial charge in [0, 0.05) is 24.7 Å². The van der Waals surface area contributed by atoms with Crippen LogP contribution < -0.4 is 10.6 Å². The predicted molar refractivity (Wildman–Crippen MR) is 82.8 cm³/mol. The Morgan fingerprint density at radius 3 is 2.25 bits per heavy atom. The van der Waals surface area contributed by atoms with E-state index in [1.807, 2.05) is 24.3 Å². The van der Waals surface area contributed by atoms with Crippen molar-refractivity contribution in [3.8, 4) is 0 Å². The van der Waals surface area contributed by atoms with E-state index in [4.69, 9.17) is 0 Å². The monoisotopic (exact) mass is 278 g/mol. The molecule has 0 heterocycles. The summed E-state index contributed by atoms with van der Waals surface area (Å²) < 4.78 is 0. The van der Waals surface area contributed by atoms with Crippen molar-refractivity contribution in [2.24, 2.45) is 5.41 Å². The van der Waals surface area contributed by atoms with E-state index in [1.165, 1.54) is 0 Å². The Bertz CT molecular complexity index is 403. The van der Waals surface area contributed by atoms with Gasteiger partial charge in [-0.05, 0) is 30.5 Å². The third-order valence-corrected chi connectivity index (χ3v) is 4.10. The number of hydrogen-bond acceptors (Lipinski definition) is 3. The smallest absolute Gasteiger partial charge is 0.224 e. The molecule has 0 bridgehead atoms. The average molecular weight is 278 g/mol. The van der Waals surface area contributed by atoms with E-state index in [9.17, 15) is 9.90 Å². The first-order chi connectivity index (χ1) is 9.59. The van der Waals surface area contributed by atoms with Crippen LogP contribution in [0.25, 0.3) is 0 Å². The molecule has 4 nitrogen and oxygen atoms in total. The quantitative estimate of drug-likeness (QED) is 0.683. The van der Waals surface area contributed by atoms with Crippen molar-refractivity contribution in [1.29, 1.82) is 0 Å². The number of anilines is 1. The summed E-state index contributed by atoms with van der Waals surface area (Å²) in [6, 6.07) is 7.86. The molecule has 20 heavy (non-hydrogen) atoms. The molecule has 1 aromatic rings. The van der Waals surface area contributed by atoms with Crippen LogP contribution in [0.5, 0.6) is 0 Å². The number of carbonyl (C=O) groups is 1. The molecule has 1 rings (SSSR count). The SMILES string of the molecule is CCC(CC)(CO)CNc1ccc(CC(=O)NC)cc1. The summed E-state index contributed by atoms with van der Waals surface area (Å²) in [6.07, 6.45) is 2.30. The minimum Gasteiger partial charge on any atom is -0.396 e. The van der Waals surface area contributed by atoms with Crippen LogP contribution in [0, 0.1) is 5.41 Å². The molecule has 0 spiro atoms. The minimum atomic E-state index is -0.0548. The molecule has 0 fully saturated rings. The molecule has 0 saturated carbocycles. The first kappa shape index (κ1) is 16.5. The summed E-state index contributed by atoms with van der Waals surface area (Å²) in [5.41, 5.74) is 1.96. The highest BCUT2D eigenvalue weighted by Crippen LogP contribution is 2.26. The van der Waals surface area contributed by atoms with Gasteiger partial charge < -0.3 is 15.7 Å². The first-order valence-corrected chi connectivity index (χ1v) is 7.23. The molecule has 4 heteroatoms. The van der Waals surface area contributed by atoms with Gasteiger partial charge in [0.1, 0.15) is 0 Å². The number of benzene rings is 1. The number of aliphatic hydroxyl groups excluding tert-OH is 1. The summed E-state index contributed by atoms with van der Waals surface area (Å²) in [5, 5.41) is 15.5. The largest absolute Gasteiger partial charge is 0.396 e. The van der Waals surface area contributed by atoms with Gasteiger partial charge in [-0.25, -0.2) is 0 Å². The van der Waals surface area contributed by atoms with Gasteiger partial charge in [-0.2, -0.15) is 0 Å². The highest BCUT2D eigenvalue weighted by molar-refractivity contribution is 5.78. The van der Waals surface area contributed by atoms with Gasteiger partial charge in [-0.3, -0.25) is 4.79 Å². The second-order valence-electron chi connectivity index (χ2n) is 5.27. The number of rotatable bonds is 8. The molecule has 1 aromatic carbocycles. The minimum absolute atomic E-state index is 0.0157. The van der Waals surface area contributed by atoms with Crippen molar-refractivity contribution >= 4 is 11.6 Å². The number of carbonyl (C=O) groups excluding carboxylic acids is 1. The van der Waals surface area contributed by atoms with E-state index in [-0.39, 0.29) is 17.9 Å². The highest BCUT2D eigenvalue weighted by Gasteiger charge is 2.24. The Hall–Kier alpha value is -1.55. The fraction of sp³-hybridized carbons (Fsp3) is 0.562. The summed E-state index contributed by atoms with van der Waals surface area (Å²) in [6.45, 7) is 5.16. The van der Waals surface area contributed by atoms with E-state index in [0.717, 1.165) is 30.6 Å². The van der Waals surface area contributed by atoms with Crippen molar-refractivity contribution in [1.82, 2.24) is 5.32 Å². The second kappa shape index (κ2) is 7.90. The van der Waals surface area contributed by atoms with Crippen LogP contribution in [-0.2, 0) is 11.2 Å². The molecule has 0 unspecified atom stereocenters. The Morgan fingerprint density at radius 2 is 1.80 bits per heavy atom. The topological polar surface area (TPSA) is 61.4 Å². The van der Waals surface area contributed by atoms with Crippen LogP contribution in [0.15, 0.2) is 24.3 Å². The Morgan fingerprint density at radius 1 is 1.20 bits per heavy atom. The Labute approximate surface area is 121 Å². The molecule has 112 valence electrons. The van der Waals surface area contributed by atoms with Crippen LogP contribution in [-0.4, -0.2) is 31.2 Å². The van der Waals surface area contributed by atoms with Crippen LogP contribution in [0.3, 0.4) is 0 Å². The van der Waals surface area contributed by atoms with Crippen molar-refractivity contribution in [3.05, 3.63) is 29.8 Å². The van der Waals surface area contributed by atoms with Crippen LogP contribution in [0.1, 0.15) is 32.3 Å². The molecular weight excluding hydrogens is 252 g/mol. The lowest BCUT2D eigenvalue weighted by Gasteiger charge is -2.30. The van der Waals surface area contributed by atoms with E-state index in [2.05, 4.69) is 24.5 Å². The zero-order valence-electron chi connectivity index (χ0n) is 12.7. The molecular formula is C16H26N2O2. The van der Waals surface area contributed by atoms with Gasteiger partial charge >= 0.3 is 0 Å². The number of hydrogen-bond donors (Lipinski definition) is 3. The van der Waals surface area contributed by atoms with Crippen molar-refractivity contribution in [2.75, 3.05) is 25.5 Å². The second-order valence-corrected chi connectivity index (χ2v) is 5.27. The van der Waals surface area contributed by atoms with Crippen LogP contribution in [0.4, 0.5) is 5.69 Å². The molecule has 0 radical (unpaired) electrons. The normalized spacial score (nSPS) is 11.2. The first-order valence-electron chi connectivity index (χ1n) is 7.23. The summed E-state index contributed by atoms with van der Waals surface area (Å²) >= 11 is 0. The number of nitrogens with one attached hydrogen (secondary N) is 2. The molecule has 0 aliphatic rings. The van der Waals surface area contributed by atoms with Gasteiger partial charge in [-0.15, -0.1) is 0 Å². The molecule has 0 aromatic heterocycles. The molecule has 3 N–H and O–H groups in total. The third-order valence-electron chi connectivity index (χ3n) is 4.10. The van der Waals surface area contributed by atoms with Gasteiger partial charge in [0.05, 0.1) is 13.0 Å². The van der Waals surface area contributed by atoms with E-state index < -0.39 is 0 Å². The summed E-state index contributed by atoms with van der Waals surface area (Å²) in [5.74, 6) is 0.0157. The molecule has 1 amide bonds. The van der Waals surface area contributed by atoms with Crippen molar-refractivity contribution in [2.45, 2.75) is 33.1 Å². The fourth-order valence-corrected chi connectivity index (χ4v) is 2.08. The highest BCUT2D eigenvalue weighted by atomic mass is 16.3. The van der Waals surface area contributed by atoms with E-state index in [0.29, 0.717) is 6.42 Å². The Balaban J connectivity index is 2.59. The number of aliphatic hydroxyl groups is 1. The molecule has 0 aliphatic carbocycles. The van der Waals surface area contributed by atoms with Crippen LogP contribution >= 0.6 is 0 Å². The van der Waals surface area contributed by atoms with E-state index in [1.54, 1.807) is 7.05 Å². The van der Waals surface area contributed by atoms with Crippen LogP contribution in [0.2, 0.25) is 0 Å². The van der Waals surface area contributed by atoms with Gasteiger partial charge in [-0.1, -0.05) is 26.0 Å². The maximum atomic E-state index is 11.3. The van der Waals surface area contributed by atoms with Crippen molar-refractivity contribution in [3.63, 3.8) is 0 Å². The van der Waals surface area contributed by atoms with Crippen molar-refractivity contribution < 1.29 is 9.90 Å². The fourth-order valence-electron chi connectivity index (χ4n) is 2.08. The molecule has 0 saturated heterocycles. The van der Waals surface area contributed by atoms with Gasteiger partial charge in [0.2, 0.25) is 5.91 Å². The third kappa shape index (κ3) is 4.53. The lowest BCUT2D eigenvalue weighted by Crippen LogP contribution is -2.32. The zero-order valence-corrected chi connectivity index (χ0v) is 12.7. The number of likely N-dealkylation sites (N-methyl/N-ethyl adjacent to an activating group) is 1. The summed E-state index contributed by atoms with van der Waals surface area (Å²) in [4.78, 5) is 11.3. The maximum Gasteiger partial charge on any atom is 0.224 e. The number of amides is 1. The lowest BCUT2D eigenvalue weighted by atomic mass is 9.83. The average Bonchev–Trinajstić information content (AvgIpc) is 2.50. The van der Waals surface area contributed by atoms with E-state index >= 15 is 0 Å². The van der Waals surface area contributed by atoms with Gasteiger partial charge in [0.25, 0.3) is 0 Å². The van der Waals surface area contributed by atoms with Gasteiger partial charge in [0.15, 0.2) is 0 Å². The zero-order chi connectivity index (χ0) is 15.0. The summed E-state index contributed by atoms with van der Waals surface area (Å²) in [7, 11) is 1.64. The molecule has 0 aliphatic heterocycles. The standard InChI is InChI=1S/C16H26N2O2/c1-4-16(5-2,12-19)11-18-14-8-6-13(7-9-14)10-15(20)17-3/h6-9,18-19H,4-5,10-12H2,1-3H3,(H,17,20). The lowest BCUT2D eigenvalue weighted by molar-refractivity contribution is -0.119. The molecule has 0 atom stereocenters. The maximum absolute atomic E-state index is 11.3. The Kier molecular flexibility index (Phi) is 6.52. The predicted octanol–water partition coefficient (Wildman–Crippen LogP) is 2.19.